The highest BCUT2D eigenvalue weighted by molar-refractivity contribution is 5.74. The van der Waals surface area contributed by atoms with Crippen molar-refractivity contribution in [3.05, 3.63) is 60.2 Å². The number of hydrogen-bond donors (Lipinski definition) is 1. The number of piperidine rings is 1. The Bertz CT molecular complexity index is 718. The van der Waals surface area contributed by atoms with E-state index in [-0.39, 0.29) is 29.7 Å². The van der Waals surface area contributed by atoms with Gasteiger partial charge in [0.05, 0.1) is 6.04 Å². The summed E-state index contributed by atoms with van der Waals surface area (Å²) >= 11 is 0. The molecule has 2 aromatic rings. The van der Waals surface area contributed by atoms with E-state index in [1.54, 1.807) is 35.5 Å². The Balaban J connectivity index is 1.51. The van der Waals surface area contributed by atoms with Gasteiger partial charge in [0.25, 0.3) is 0 Å². The molecule has 0 bridgehead atoms. The minimum atomic E-state index is -0.352. The number of nitrogens with zero attached hydrogens (tertiary/aromatic N) is 2. The number of carbonyl (C=O) groups excluding carboxylic acids is 1. The Morgan fingerprint density at radius 1 is 1.31 bits per heavy atom. The maximum Gasteiger partial charge on any atom is 0.317 e. The number of ether oxygens (including phenoxy) is 1. The van der Waals surface area contributed by atoms with Gasteiger partial charge in [-0.2, -0.15) is 0 Å². The molecule has 0 spiro atoms. The third-order valence-electron chi connectivity index (χ3n) is 4.65. The second-order valence-electron chi connectivity index (χ2n) is 6.43. The first-order valence-electron chi connectivity index (χ1n) is 9.04. The molecule has 0 radical (unpaired) electrons. The van der Waals surface area contributed by atoms with E-state index in [1.807, 2.05) is 19.1 Å². The molecule has 2 heterocycles. The maximum atomic E-state index is 13.7. The normalized spacial score (nSPS) is 16.2. The molecule has 1 aliphatic heterocycles. The van der Waals surface area contributed by atoms with Crippen molar-refractivity contribution >= 4 is 6.03 Å². The molecule has 26 heavy (non-hydrogen) atoms. The van der Waals surface area contributed by atoms with Crippen LogP contribution in [0.5, 0.6) is 5.75 Å². The van der Waals surface area contributed by atoms with E-state index in [4.69, 9.17) is 4.74 Å². The van der Waals surface area contributed by atoms with Gasteiger partial charge < -0.3 is 15.0 Å². The fourth-order valence-electron chi connectivity index (χ4n) is 3.14. The second-order valence-corrected chi connectivity index (χ2v) is 6.43. The van der Waals surface area contributed by atoms with E-state index in [2.05, 4.69) is 10.3 Å². The summed E-state index contributed by atoms with van der Waals surface area (Å²) in [5.74, 6) is -0.0760. The summed E-state index contributed by atoms with van der Waals surface area (Å²) in [7, 11) is 0. The Morgan fingerprint density at radius 2 is 2.08 bits per heavy atom. The Labute approximate surface area is 153 Å². The molecule has 6 heteroatoms. The largest absolute Gasteiger partial charge is 0.487 e. The topological polar surface area (TPSA) is 54.5 Å². The number of nitrogens with one attached hydrogen (secondary N) is 1. The zero-order valence-corrected chi connectivity index (χ0v) is 14.9. The Kier molecular flexibility index (Phi) is 6.04. The Hall–Kier alpha value is -2.63. The van der Waals surface area contributed by atoms with E-state index in [0.29, 0.717) is 25.9 Å². The van der Waals surface area contributed by atoms with Gasteiger partial charge >= 0.3 is 6.03 Å². The fraction of sp³-hybridized carbons (Fsp3) is 0.400. The second kappa shape index (κ2) is 8.65. The van der Waals surface area contributed by atoms with Crippen molar-refractivity contribution in [1.29, 1.82) is 0 Å². The summed E-state index contributed by atoms with van der Waals surface area (Å²) in [6.45, 7) is 3.22. The molecule has 1 unspecified atom stereocenters. The summed E-state index contributed by atoms with van der Waals surface area (Å²) in [5.41, 5.74) is 1.00. The van der Waals surface area contributed by atoms with Crippen molar-refractivity contribution in [3.8, 4) is 5.75 Å². The van der Waals surface area contributed by atoms with Crippen LogP contribution in [0.4, 0.5) is 9.18 Å². The lowest BCUT2D eigenvalue weighted by Crippen LogP contribution is -2.47. The molecule has 2 amide bonds. The molecule has 1 atom stereocenters. The molecule has 138 valence electrons. The number of halogens is 1. The van der Waals surface area contributed by atoms with Gasteiger partial charge in [-0.05, 0) is 30.2 Å². The summed E-state index contributed by atoms with van der Waals surface area (Å²) in [6, 6.07) is 10.1. The first kappa shape index (κ1) is 18.2. The first-order chi connectivity index (χ1) is 12.7. The monoisotopic (exact) mass is 357 g/mol. The van der Waals surface area contributed by atoms with Crippen LogP contribution < -0.4 is 10.1 Å². The van der Waals surface area contributed by atoms with Crippen LogP contribution in [0.15, 0.2) is 48.8 Å². The van der Waals surface area contributed by atoms with Gasteiger partial charge in [0, 0.05) is 38.3 Å². The lowest BCUT2D eigenvalue weighted by molar-refractivity contribution is 0.106. The minimum Gasteiger partial charge on any atom is -0.487 e. The summed E-state index contributed by atoms with van der Waals surface area (Å²) in [6.07, 6.45) is 5.60. The van der Waals surface area contributed by atoms with Crippen LogP contribution in [0.3, 0.4) is 0 Å². The predicted molar refractivity (Wildman–Crippen MR) is 97.4 cm³/mol. The molecular weight excluding hydrogens is 333 g/mol. The number of carbonyl (C=O) groups is 1. The smallest absolute Gasteiger partial charge is 0.317 e. The van der Waals surface area contributed by atoms with Gasteiger partial charge in [0.1, 0.15) is 6.10 Å². The summed E-state index contributed by atoms with van der Waals surface area (Å²) < 4.78 is 19.4. The lowest BCUT2D eigenvalue weighted by atomic mass is 10.1. The number of likely N-dealkylation sites (tertiary alicyclic amines) is 1. The molecule has 1 fully saturated rings. The van der Waals surface area contributed by atoms with Crippen molar-refractivity contribution in [1.82, 2.24) is 15.2 Å². The zero-order valence-electron chi connectivity index (χ0n) is 14.9. The summed E-state index contributed by atoms with van der Waals surface area (Å²) in [4.78, 5) is 18.5. The zero-order chi connectivity index (χ0) is 18.4. The maximum absolute atomic E-state index is 13.7. The molecule has 1 aromatic carbocycles. The highest BCUT2D eigenvalue weighted by Gasteiger charge is 2.26. The number of para-hydroxylation sites is 1. The van der Waals surface area contributed by atoms with Gasteiger partial charge in [0.15, 0.2) is 11.6 Å². The van der Waals surface area contributed by atoms with Crippen LogP contribution >= 0.6 is 0 Å². The molecule has 1 aromatic heterocycles. The van der Waals surface area contributed by atoms with Gasteiger partial charge in [-0.1, -0.05) is 25.1 Å². The van der Waals surface area contributed by atoms with E-state index < -0.39 is 0 Å². The quantitative estimate of drug-likeness (QED) is 0.882. The highest BCUT2D eigenvalue weighted by Crippen LogP contribution is 2.22. The van der Waals surface area contributed by atoms with Gasteiger partial charge in [-0.15, -0.1) is 0 Å². The van der Waals surface area contributed by atoms with Crippen molar-refractivity contribution in [2.24, 2.45) is 0 Å². The van der Waals surface area contributed by atoms with Crippen LogP contribution in [-0.4, -0.2) is 35.1 Å². The third-order valence-corrected chi connectivity index (χ3v) is 4.65. The fourth-order valence-corrected chi connectivity index (χ4v) is 3.14. The van der Waals surface area contributed by atoms with E-state index in [1.165, 1.54) is 6.07 Å². The number of aromatic nitrogens is 1. The van der Waals surface area contributed by atoms with E-state index >= 15 is 0 Å². The molecule has 1 saturated heterocycles. The average Bonchev–Trinajstić information content (AvgIpc) is 2.69. The van der Waals surface area contributed by atoms with Crippen molar-refractivity contribution in [3.63, 3.8) is 0 Å². The lowest BCUT2D eigenvalue weighted by Gasteiger charge is -2.33. The first-order valence-corrected chi connectivity index (χ1v) is 9.04. The van der Waals surface area contributed by atoms with Gasteiger partial charge in [-0.3, -0.25) is 4.98 Å². The van der Waals surface area contributed by atoms with Gasteiger partial charge in [-0.25, -0.2) is 9.18 Å². The minimum absolute atomic E-state index is 0.0522. The van der Waals surface area contributed by atoms with E-state index in [9.17, 15) is 9.18 Å². The van der Waals surface area contributed by atoms with Crippen molar-refractivity contribution < 1.29 is 13.9 Å². The number of urea groups is 1. The van der Waals surface area contributed by atoms with E-state index in [0.717, 1.165) is 12.0 Å². The van der Waals surface area contributed by atoms with Crippen LogP contribution in [-0.2, 0) is 0 Å². The molecule has 1 N–H and O–H groups in total. The molecular formula is C20H24FN3O2. The molecule has 5 nitrogen and oxygen atoms in total. The Morgan fingerprint density at radius 3 is 2.73 bits per heavy atom. The van der Waals surface area contributed by atoms with Crippen molar-refractivity contribution in [2.75, 3.05) is 13.1 Å². The number of pyridine rings is 1. The summed E-state index contributed by atoms with van der Waals surface area (Å²) in [5, 5.41) is 3.07. The van der Waals surface area contributed by atoms with Crippen LogP contribution in [0.25, 0.3) is 0 Å². The number of amides is 2. The number of benzene rings is 1. The standard InChI is InChI=1S/C20H24FN3O2/c1-2-18(15-6-5-11-22-14-15)23-20(25)24-12-9-16(10-13-24)26-19-8-4-3-7-17(19)21/h3-8,11,14,16,18H,2,9-10,12-13H2,1H3,(H,23,25). The number of rotatable bonds is 5. The highest BCUT2D eigenvalue weighted by atomic mass is 19.1. The van der Waals surface area contributed by atoms with Crippen molar-refractivity contribution in [2.45, 2.75) is 38.3 Å². The molecule has 0 aliphatic carbocycles. The third kappa shape index (κ3) is 4.50. The van der Waals surface area contributed by atoms with Crippen LogP contribution in [0.2, 0.25) is 0 Å². The molecule has 0 saturated carbocycles. The predicted octanol–water partition coefficient (Wildman–Crippen LogP) is 3.92. The average molecular weight is 357 g/mol. The molecule has 3 rings (SSSR count). The van der Waals surface area contributed by atoms with Crippen LogP contribution in [0, 0.1) is 5.82 Å². The van der Waals surface area contributed by atoms with Gasteiger partial charge in [0.2, 0.25) is 0 Å². The molecule has 1 aliphatic rings. The number of hydrogen-bond acceptors (Lipinski definition) is 3. The van der Waals surface area contributed by atoms with Crippen LogP contribution in [0.1, 0.15) is 37.8 Å². The SMILES string of the molecule is CCC(NC(=O)N1CCC(Oc2ccccc2F)CC1)c1cccnc1.